The molecule has 0 radical (unpaired) electrons. The molecule has 4 rings (SSSR count). The molecule has 0 bridgehead atoms. The van der Waals surface area contributed by atoms with Crippen molar-refractivity contribution in [3.63, 3.8) is 0 Å². The Labute approximate surface area is 151 Å². The molecule has 6 heteroatoms. The summed E-state index contributed by atoms with van der Waals surface area (Å²) in [5.41, 5.74) is 3.29. The monoisotopic (exact) mass is 348 g/mol. The van der Waals surface area contributed by atoms with Crippen LogP contribution < -0.4 is 10.1 Å². The van der Waals surface area contributed by atoms with Gasteiger partial charge in [-0.25, -0.2) is 0 Å². The molecule has 0 atom stereocenters. The first kappa shape index (κ1) is 16.3. The molecule has 1 fully saturated rings. The SMILES string of the molecule is Cc1c(NC(=O)c2ccc(OCC3CC3)cc2)n[nH]c1-c1ccncc1. The van der Waals surface area contributed by atoms with Crippen molar-refractivity contribution in [2.75, 3.05) is 11.9 Å². The second-order valence-electron chi connectivity index (χ2n) is 6.54. The van der Waals surface area contributed by atoms with Gasteiger partial charge in [-0.15, -0.1) is 0 Å². The standard InChI is InChI=1S/C20H20N4O2/c1-13-18(15-8-10-21-11-9-15)23-24-19(13)22-20(25)16-4-6-17(7-5-16)26-12-14-2-3-14/h4-11,14H,2-3,12H2,1H3,(H2,22,23,24,25). The third-order valence-electron chi connectivity index (χ3n) is 4.51. The molecule has 6 nitrogen and oxygen atoms in total. The zero-order valence-electron chi connectivity index (χ0n) is 14.5. The number of H-pyrrole nitrogens is 1. The molecule has 1 amide bonds. The van der Waals surface area contributed by atoms with Crippen LogP contribution in [0, 0.1) is 12.8 Å². The normalized spacial score (nSPS) is 13.4. The highest BCUT2D eigenvalue weighted by Crippen LogP contribution is 2.29. The molecule has 0 saturated heterocycles. The van der Waals surface area contributed by atoms with Crippen LogP contribution in [-0.2, 0) is 0 Å². The lowest BCUT2D eigenvalue weighted by molar-refractivity contribution is 0.102. The Kier molecular flexibility index (Phi) is 4.39. The van der Waals surface area contributed by atoms with Gasteiger partial charge in [-0.2, -0.15) is 5.10 Å². The van der Waals surface area contributed by atoms with Crippen molar-refractivity contribution < 1.29 is 9.53 Å². The number of rotatable bonds is 6. The van der Waals surface area contributed by atoms with Crippen molar-refractivity contribution in [3.05, 3.63) is 59.9 Å². The lowest BCUT2D eigenvalue weighted by Gasteiger charge is -2.07. The Bertz CT molecular complexity index is 899. The number of hydrogen-bond acceptors (Lipinski definition) is 4. The average molecular weight is 348 g/mol. The van der Waals surface area contributed by atoms with Gasteiger partial charge < -0.3 is 10.1 Å². The van der Waals surface area contributed by atoms with Gasteiger partial charge in [0.05, 0.1) is 12.3 Å². The Morgan fingerprint density at radius 3 is 2.62 bits per heavy atom. The lowest BCUT2D eigenvalue weighted by Crippen LogP contribution is -2.13. The summed E-state index contributed by atoms with van der Waals surface area (Å²) >= 11 is 0. The van der Waals surface area contributed by atoms with Crippen molar-refractivity contribution in [1.82, 2.24) is 15.2 Å². The summed E-state index contributed by atoms with van der Waals surface area (Å²) in [6.07, 6.45) is 5.96. The number of nitrogens with zero attached hydrogens (tertiary/aromatic N) is 2. The van der Waals surface area contributed by atoms with Gasteiger partial charge in [-0.1, -0.05) is 0 Å². The Hall–Kier alpha value is -3.15. The topological polar surface area (TPSA) is 79.9 Å². The van der Waals surface area contributed by atoms with Crippen LogP contribution in [0.25, 0.3) is 11.3 Å². The van der Waals surface area contributed by atoms with Gasteiger partial charge in [0.15, 0.2) is 5.82 Å². The van der Waals surface area contributed by atoms with Crippen LogP contribution in [0.5, 0.6) is 5.75 Å². The number of carbonyl (C=O) groups excluding carboxylic acids is 1. The van der Waals surface area contributed by atoms with Gasteiger partial charge in [0.25, 0.3) is 5.91 Å². The molecule has 1 aliphatic carbocycles. The molecular weight excluding hydrogens is 328 g/mol. The van der Waals surface area contributed by atoms with Crippen molar-refractivity contribution >= 4 is 11.7 Å². The van der Waals surface area contributed by atoms with Crippen LogP contribution in [-0.4, -0.2) is 27.7 Å². The summed E-state index contributed by atoms with van der Waals surface area (Å²) in [6, 6.07) is 11.0. The number of ether oxygens (including phenoxy) is 1. The highest BCUT2D eigenvalue weighted by Gasteiger charge is 2.22. The summed E-state index contributed by atoms with van der Waals surface area (Å²) < 4.78 is 5.70. The average Bonchev–Trinajstić information content (AvgIpc) is 3.44. The summed E-state index contributed by atoms with van der Waals surface area (Å²) in [5, 5.41) is 10.1. The molecule has 0 aliphatic heterocycles. The van der Waals surface area contributed by atoms with Crippen LogP contribution in [0.3, 0.4) is 0 Å². The van der Waals surface area contributed by atoms with Crippen molar-refractivity contribution in [1.29, 1.82) is 0 Å². The number of aromatic nitrogens is 3. The number of carbonyl (C=O) groups is 1. The van der Waals surface area contributed by atoms with E-state index in [1.807, 2.05) is 31.2 Å². The molecule has 0 unspecified atom stereocenters. The maximum atomic E-state index is 12.5. The van der Waals surface area contributed by atoms with Crippen LogP contribution in [0.15, 0.2) is 48.8 Å². The molecule has 2 heterocycles. The summed E-state index contributed by atoms with van der Waals surface area (Å²) in [6.45, 7) is 2.68. The molecule has 132 valence electrons. The summed E-state index contributed by atoms with van der Waals surface area (Å²) in [4.78, 5) is 16.5. The molecule has 3 aromatic rings. The highest BCUT2D eigenvalue weighted by atomic mass is 16.5. The van der Waals surface area contributed by atoms with Crippen molar-refractivity contribution in [2.45, 2.75) is 19.8 Å². The minimum Gasteiger partial charge on any atom is -0.493 e. The molecule has 1 aromatic carbocycles. The maximum Gasteiger partial charge on any atom is 0.256 e. The minimum absolute atomic E-state index is 0.199. The minimum atomic E-state index is -0.199. The number of hydrogen-bond donors (Lipinski definition) is 2. The van der Waals surface area contributed by atoms with Gasteiger partial charge >= 0.3 is 0 Å². The second-order valence-corrected chi connectivity index (χ2v) is 6.54. The van der Waals surface area contributed by atoms with Gasteiger partial charge in [-0.05, 0) is 62.1 Å². The number of aromatic amines is 1. The predicted molar refractivity (Wildman–Crippen MR) is 99.2 cm³/mol. The van der Waals surface area contributed by atoms with E-state index < -0.39 is 0 Å². The summed E-state index contributed by atoms with van der Waals surface area (Å²) in [5.74, 6) is 1.82. The molecular formula is C20H20N4O2. The lowest BCUT2D eigenvalue weighted by atomic mass is 10.1. The van der Waals surface area contributed by atoms with Crippen LogP contribution in [0.1, 0.15) is 28.8 Å². The fourth-order valence-electron chi connectivity index (χ4n) is 2.70. The Morgan fingerprint density at radius 2 is 1.92 bits per heavy atom. The van der Waals surface area contributed by atoms with Gasteiger partial charge in [0.2, 0.25) is 0 Å². The zero-order valence-corrected chi connectivity index (χ0v) is 14.5. The maximum absolute atomic E-state index is 12.5. The van der Waals surface area contributed by atoms with E-state index in [1.54, 1.807) is 24.5 Å². The quantitative estimate of drug-likeness (QED) is 0.710. The van der Waals surface area contributed by atoms with Crippen LogP contribution in [0.4, 0.5) is 5.82 Å². The number of amides is 1. The van der Waals surface area contributed by atoms with Crippen molar-refractivity contribution in [2.24, 2.45) is 5.92 Å². The fraction of sp³-hybridized carbons (Fsp3) is 0.250. The zero-order chi connectivity index (χ0) is 17.9. The molecule has 0 spiro atoms. The van der Waals surface area contributed by atoms with Crippen LogP contribution >= 0.6 is 0 Å². The van der Waals surface area contributed by atoms with Gasteiger partial charge in [-0.3, -0.25) is 14.9 Å². The molecule has 1 saturated carbocycles. The number of anilines is 1. The third-order valence-corrected chi connectivity index (χ3v) is 4.51. The Balaban J connectivity index is 1.43. The van der Waals surface area contributed by atoms with E-state index in [9.17, 15) is 4.79 Å². The van der Waals surface area contributed by atoms with E-state index in [4.69, 9.17) is 4.74 Å². The number of nitrogens with one attached hydrogen (secondary N) is 2. The molecule has 2 N–H and O–H groups in total. The first-order valence-electron chi connectivity index (χ1n) is 8.70. The fourth-order valence-corrected chi connectivity index (χ4v) is 2.70. The first-order chi connectivity index (χ1) is 12.7. The number of pyridine rings is 1. The molecule has 1 aliphatic rings. The van der Waals surface area contributed by atoms with E-state index in [-0.39, 0.29) is 5.91 Å². The van der Waals surface area contributed by atoms with Gasteiger partial charge in [0, 0.05) is 29.1 Å². The molecule has 2 aromatic heterocycles. The highest BCUT2D eigenvalue weighted by molar-refractivity contribution is 6.04. The smallest absolute Gasteiger partial charge is 0.256 e. The summed E-state index contributed by atoms with van der Waals surface area (Å²) in [7, 11) is 0. The van der Waals surface area contributed by atoms with E-state index in [1.165, 1.54) is 12.8 Å². The van der Waals surface area contributed by atoms with Crippen molar-refractivity contribution in [3.8, 4) is 17.0 Å². The second kappa shape index (κ2) is 7.00. The van der Waals surface area contributed by atoms with E-state index in [2.05, 4.69) is 20.5 Å². The van der Waals surface area contributed by atoms with Crippen LogP contribution in [0.2, 0.25) is 0 Å². The largest absolute Gasteiger partial charge is 0.493 e. The molecule has 26 heavy (non-hydrogen) atoms. The third kappa shape index (κ3) is 3.59. The van der Waals surface area contributed by atoms with Gasteiger partial charge in [0.1, 0.15) is 5.75 Å². The predicted octanol–water partition coefficient (Wildman–Crippen LogP) is 3.82. The first-order valence-corrected chi connectivity index (χ1v) is 8.70. The Morgan fingerprint density at radius 1 is 1.19 bits per heavy atom. The van der Waals surface area contributed by atoms with E-state index >= 15 is 0 Å². The van der Waals surface area contributed by atoms with E-state index in [0.29, 0.717) is 17.3 Å². The number of benzene rings is 1. The van der Waals surface area contributed by atoms with E-state index in [0.717, 1.165) is 29.2 Å².